The zero-order valence-corrected chi connectivity index (χ0v) is 5.95. The molecule has 1 saturated heterocycles. The standard InChI is InChI=1S/C6H10F2O3/c1-2-4(9)5(10)3(7)6(8)11-2/h2-6,9-10H,1H3/t2-,3-,4+,5-,6+/m0/s1. The van der Waals surface area contributed by atoms with Gasteiger partial charge in [0.05, 0.1) is 6.10 Å². The predicted octanol–water partition coefficient (Wildman–Crippen LogP) is -0.239. The summed E-state index contributed by atoms with van der Waals surface area (Å²) in [6.45, 7) is 1.37. The van der Waals surface area contributed by atoms with Gasteiger partial charge in [-0.1, -0.05) is 0 Å². The lowest BCUT2D eigenvalue weighted by molar-refractivity contribution is -0.234. The molecule has 1 aliphatic rings. The average molecular weight is 168 g/mol. The van der Waals surface area contributed by atoms with Crippen LogP contribution in [0.4, 0.5) is 8.78 Å². The molecule has 0 unspecified atom stereocenters. The molecule has 0 amide bonds. The Bertz CT molecular complexity index is 130. The van der Waals surface area contributed by atoms with E-state index in [9.17, 15) is 8.78 Å². The highest BCUT2D eigenvalue weighted by molar-refractivity contribution is 4.86. The predicted molar refractivity (Wildman–Crippen MR) is 32.4 cm³/mol. The molecule has 0 radical (unpaired) electrons. The van der Waals surface area contributed by atoms with Crippen LogP contribution in [0.5, 0.6) is 0 Å². The minimum absolute atomic E-state index is 0.869. The van der Waals surface area contributed by atoms with Crippen molar-refractivity contribution in [2.24, 2.45) is 0 Å². The van der Waals surface area contributed by atoms with Gasteiger partial charge in [-0.3, -0.25) is 0 Å². The third-order valence-electron chi connectivity index (χ3n) is 1.75. The lowest BCUT2D eigenvalue weighted by Crippen LogP contribution is -2.53. The molecule has 1 heterocycles. The maximum atomic E-state index is 12.5. The Morgan fingerprint density at radius 2 is 1.73 bits per heavy atom. The molecular weight excluding hydrogens is 158 g/mol. The topological polar surface area (TPSA) is 49.7 Å². The number of ether oxygens (including phenoxy) is 1. The molecule has 11 heavy (non-hydrogen) atoms. The molecule has 0 aliphatic carbocycles. The maximum absolute atomic E-state index is 12.5. The van der Waals surface area contributed by atoms with Crippen molar-refractivity contribution in [1.82, 2.24) is 0 Å². The molecule has 0 aromatic heterocycles. The number of aliphatic hydroxyl groups excluding tert-OH is 2. The van der Waals surface area contributed by atoms with Crippen molar-refractivity contribution in [1.29, 1.82) is 0 Å². The van der Waals surface area contributed by atoms with E-state index >= 15 is 0 Å². The number of hydrogen-bond acceptors (Lipinski definition) is 3. The number of aliphatic hydroxyl groups is 2. The third kappa shape index (κ3) is 1.50. The van der Waals surface area contributed by atoms with Crippen LogP contribution in [0.2, 0.25) is 0 Å². The Hall–Kier alpha value is -0.260. The molecule has 0 bridgehead atoms. The second-order valence-corrected chi connectivity index (χ2v) is 2.62. The van der Waals surface area contributed by atoms with Crippen LogP contribution in [-0.2, 0) is 4.74 Å². The molecule has 0 aromatic rings. The summed E-state index contributed by atoms with van der Waals surface area (Å²) in [6, 6.07) is 0. The van der Waals surface area contributed by atoms with Crippen LogP contribution in [0.1, 0.15) is 6.92 Å². The first kappa shape index (κ1) is 8.83. The van der Waals surface area contributed by atoms with E-state index in [1.165, 1.54) is 6.92 Å². The maximum Gasteiger partial charge on any atom is 0.233 e. The Labute approximate surface area is 62.6 Å². The van der Waals surface area contributed by atoms with Crippen LogP contribution >= 0.6 is 0 Å². The summed E-state index contributed by atoms with van der Waals surface area (Å²) in [4.78, 5) is 0. The van der Waals surface area contributed by atoms with Gasteiger partial charge in [0.2, 0.25) is 6.36 Å². The zero-order chi connectivity index (χ0) is 8.59. The molecule has 0 saturated carbocycles. The van der Waals surface area contributed by atoms with E-state index in [2.05, 4.69) is 4.74 Å². The normalized spacial score (nSPS) is 52.6. The van der Waals surface area contributed by atoms with E-state index < -0.39 is 30.8 Å². The molecule has 1 rings (SSSR count). The molecule has 3 nitrogen and oxygen atoms in total. The van der Waals surface area contributed by atoms with Crippen LogP contribution in [0.3, 0.4) is 0 Å². The fourth-order valence-corrected chi connectivity index (χ4v) is 0.982. The minimum atomic E-state index is -2.15. The summed E-state index contributed by atoms with van der Waals surface area (Å²) >= 11 is 0. The number of rotatable bonds is 0. The number of hydrogen-bond donors (Lipinski definition) is 2. The van der Waals surface area contributed by atoms with E-state index in [4.69, 9.17) is 10.2 Å². The second-order valence-electron chi connectivity index (χ2n) is 2.62. The van der Waals surface area contributed by atoms with Gasteiger partial charge in [-0.15, -0.1) is 0 Å². The Morgan fingerprint density at radius 1 is 1.18 bits per heavy atom. The summed E-state index contributed by atoms with van der Waals surface area (Å²) in [5.74, 6) is 0. The molecular formula is C6H10F2O3. The summed E-state index contributed by atoms with van der Waals surface area (Å²) in [5.41, 5.74) is 0. The average Bonchev–Trinajstić information content (AvgIpc) is 1.97. The van der Waals surface area contributed by atoms with E-state index in [1.807, 2.05) is 0 Å². The van der Waals surface area contributed by atoms with Crippen LogP contribution in [0, 0.1) is 0 Å². The van der Waals surface area contributed by atoms with Gasteiger partial charge in [0.15, 0.2) is 6.17 Å². The van der Waals surface area contributed by atoms with Crippen LogP contribution in [0.25, 0.3) is 0 Å². The molecule has 2 N–H and O–H groups in total. The number of halogens is 2. The SMILES string of the molecule is C[C@@H]1O[C@@H](F)[C@@H](F)[C@H](O)[C@@H]1O. The van der Waals surface area contributed by atoms with E-state index in [1.54, 1.807) is 0 Å². The number of alkyl halides is 2. The van der Waals surface area contributed by atoms with Crippen molar-refractivity contribution in [3.8, 4) is 0 Å². The first-order valence-corrected chi connectivity index (χ1v) is 3.33. The monoisotopic (exact) mass is 168 g/mol. The van der Waals surface area contributed by atoms with E-state index in [0.29, 0.717) is 0 Å². The van der Waals surface area contributed by atoms with Crippen molar-refractivity contribution in [3.05, 3.63) is 0 Å². The second kappa shape index (κ2) is 3.00. The molecule has 0 aromatic carbocycles. The summed E-state index contributed by atoms with van der Waals surface area (Å²) in [5, 5.41) is 17.8. The lowest BCUT2D eigenvalue weighted by Gasteiger charge is -2.34. The van der Waals surface area contributed by atoms with Crippen molar-refractivity contribution in [2.45, 2.75) is 37.8 Å². The summed E-state index contributed by atoms with van der Waals surface area (Å²) < 4.78 is 29.2. The molecule has 1 aliphatic heterocycles. The van der Waals surface area contributed by atoms with Gasteiger partial charge in [-0.25, -0.2) is 8.78 Å². The largest absolute Gasteiger partial charge is 0.388 e. The van der Waals surface area contributed by atoms with Crippen molar-refractivity contribution in [2.75, 3.05) is 0 Å². The van der Waals surface area contributed by atoms with Crippen LogP contribution < -0.4 is 0 Å². The first-order valence-electron chi connectivity index (χ1n) is 3.33. The lowest BCUT2D eigenvalue weighted by atomic mass is 10.0. The summed E-state index contributed by atoms with van der Waals surface area (Å²) in [7, 11) is 0. The van der Waals surface area contributed by atoms with Crippen molar-refractivity contribution >= 4 is 0 Å². The molecule has 5 atom stereocenters. The Morgan fingerprint density at radius 3 is 2.27 bits per heavy atom. The molecule has 1 fully saturated rings. The van der Waals surface area contributed by atoms with E-state index in [-0.39, 0.29) is 0 Å². The highest BCUT2D eigenvalue weighted by atomic mass is 19.2. The molecule has 5 heteroatoms. The van der Waals surface area contributed by atoms with Gasteiger partial charge in [0.25, 0.3) is 0 Å². The van der Waals surface area contributed by atoms with Crippen LogP contribution in [-0.4, -0.2) is 41.1 Å². The van der Waals surface area contributed by atoms with Crippen molar-refractivity contribution in [3.63, 3.8) is 0 Å². The fourth-order valence-electron chi connectivity index (χ4n) is 0.982. The Balaban J connectivity index is 2.63. The van der Waals surface area contributed by atoms with Gasteiger partial charge in [-0.2, -0.15) is 0 Å². The van der Waals surface area contributed by atoms with Gasteiger partial charge >= 0.3 is 0 Å². The van der Waals surface area contributed by atoms with Crippen LogP contribution in [0.15, 0.2) is 0 Å². The minimum Gasteiger partial charge on any atom is -0.388 e. The molecule has 66 valence electrons. The highest BCUT2D eigenvalue weighted by Gasteiger charge is 2.43. The summed E-state index contributed by atoms with van der Waals surface area (Å²) in [6.07, 6.45) is -8.19. The molecule has 0 spiro atoms. The van der Waals surface area contributed by atoms with Gasteiger partial charge < -0.3 is 14.9 Å². The third-order valence-corrected chi connectivity index (χ3v) is 1.75. The fraction of sp³-hybridized carbons (Fsp3) is 1.00. The van der Waals surface area contributed by atoms with Gasteiger partial charge in [0.1, 0.15) is 12.2 Å². The zero-order valence-electron chi connectivity index (χ0n) is 5.95. The van der Waals surface area contributed by atoms with E-state index in [0.717, 1.165) is 0 Å². The Kier molecular flexibility index (Phi) is 2.41. The van der Waals surface area contributed by atoms with Gasteiger partial charge in [-0.05, 0) is 6.92 Å². The first-order chi connectivity index (χ1) is 5.04. The smallest absolute Gasteiger partial charge is 0.233 e. The highest BCUT2D eigenvalue weighted by Crippen LogP contribution is 2.23. The van der Waals surface area contributed by atoms with Gasteiger partial charge in [0, 0.05) is 0 Å². The van der Waals surface area contributed by atoms with Crippen molar-refractivity contribution < 1.29 is 23.7 Å². The quantitative estimate of drug-likeness (QED) is 0.525.